The molecule has 10 heteroatoms. The molecule has 0 radical (unpaired) electrons. The molecule has 7 nitrogen and oxygen atoms in total. The fourth-order valence-electron chi connectivity index (χ4n) is 1.97. The second kappa shape index (κ2) is 9.77. The molecular formula is C13H23IN4O3S2. The van der Waals surface area contributed by atoms with Gasteiger partial charge < -0.3 is 15.8 Å². The van der Waals surface area contributed by atoms with E-state index in [9.17, 15) is 8.42 Å². The first-order valence-corrected chi connectivity index (χ1v) is 9.50. The fourth-order valence-corrected chi connectivity index (χ4v) is 4.81. The summed E-state index contributed by atoms with van der Waals surface area (Å²) in [5, 5.41) is 2.98. The Kier molecular flexibility index (Phi) is 8.75. The summed E-state index contributed by atoms with van der Waals surface area (Å²) in [6.07, 6.45) is 0.969. The summed E-state index contributed by atoms with van der Waals surface area (Å²) in [7, 11) is -3.42. The van der Waals surface area contributed by atoms with Crippen LogP contribution in [0.4, 0.5) is 0 Å². The van der Waals surface area contributed by atoms with Gasteiger partial charge in [-0.15, -0.1) is 35.3 Å². The van der Waals surface area contributed by atoms with Gasteiger partial charge in [0.1, 0.15) is 4.21 Å². The molecule has 2 rings (SSSR count). The van der Waals surface area contributed by atoms with E-state index in [-0.39, 0.29) is 24.0 Å². The summed E-state index contributed by atoms with van der Waals surface area (Å²) < 4.78 is 32.0. The van der Waals surface area contributed by atoms with Gasteiger partial charge in [0.25, 0.3) is 10.0 Å². The molecule has 2 heterocycles. The largest absolute Gasteiger partial charge is 0.379 e. The van der Waals surface area contributed by atoms with Crippen molar-refractivity contribution in [2.45, 2.75) is 24.1 Å². The second-order valence-corrected chi connectivity index (χ2v) is 8.20. The van der Waals surface area contributed by atoms with Crippen molar-refractivity contribution in [3.8, 4) is 0 Å². The maximum Gasteiger partial charge on any atom is 0.252 e. The molecule has 132 valence electrons. The SMILES string of the molecule is CCCNC(N)=NCc1ccc(S(=O)(=O)N2CCOCC2)s1.I. The van der Waals surface area contributed by atoms with Gasteiger partial charge >= 0.3 is 0 Å². The fraction of sp³-hybridized carbons (Fsp3) is 0.615. The number of nitrogens with two attached hydrogens (primary N) is 1. The molecule has 0 aromatic carbocycles. The lowest BCUT2D eigenvalue weighted by Crippen LogP contribution is -2.40. The third-order valence-corrected chi connectivity index (χ3v) is 6.60. The highest BCUT2D eigenvalue weighted by molar-refractivity contribution is 14.0. The molecule has 0 aliphatic carbocycles. The Labute approximate surface area is 158 Å². The van der Waals surface area contributed by atoms with E-state index in [1.807, 2.05) is 6.92 Å². The minimum Gasteiger partial charge on any atom is -0.379 e. The first-order chi connectivity index (χ1) is 10.5. The zero-order valence-electron chi connectivity index (χ0n) is 13.0. The standard InChI is InChI=1S/C13H22N4O3S2.HI/c1-2-5-15-13(14)16-10-11-3-4-12(21-11)22(18,19)17-6-8-20-9-7-17;/h3-4H,2,5-10H2,1H3,(H3,14,15,16);1H. The Morgan fingerprint density at radius 3 is 2.78 bits per heavy atom. The van der Waals surface area contributed by atoms with E-state index in [1.165, 1.54) is 15.6 Å². The smallest absolute Gasteiger partial charge is 0.252 e. The number of aliphatic imine (C=N–C) groups is 1. The van der Waals surface area contributed by atoms with Crippen molar-refractivity contribution in [2.24, 2.45) is 10.7 Å². The minimum absolute atomic E-state index is 0. The molecular weight excluding hydrogens is 451 g/mol. The van der Waals surface area contributed by atoms with Crippen LogP contribution in [0.2, 0.25) is 0 Å². The van der Waals surface area contributed by atoms with Gasteiger partial charge in [0.15, 0.2) is 5.96 Å². The van der Waals surface area contributed by atoms with Gasteiger partial charge in [0.05, 0.1) is 19.8 Å². The highest BCUT2D eigenvalue weighted by atomic mass is 127. The predicted octanol–water partition coefficient (Wildman–Crippen LogP) is 1.20. The van der Waals surface area contributed by atoms with Crippen molar-refractivity contribution in [1.82, 2.24) is 9.62 Å². The molecule has 1 saturated heterocycles. The second-order valence-electron chi connectivity index (χ2n) is 4.87. The first-order valence-electron chi connectivity index (χ1n) is 7.24. The number of hydrogen-bond acceptors (Lipinski definition) is 5. The molecule has 1 aromatic heterocycles. The lowest BCUT2D eigenvalue weighted by Gasteiger charge is -2.25. The quantitative estimate of drug-likeness (QED) is 0.367. The number of sulfonamides is 1. The summed E-state index contributed by atoms with van der Waals surface area (Å²) in [4.78, 5) is 5.07. The topological polar surface area (TPSA) is 97.0 Å². The van der Waals surface area contributed by atoms with Crippen LogP contribution in [0.15, 0.2) is 21.3 Å². The summed E-state index contributed by atoms with van der Waals surface area (Å²) in [6.45, 7) is 4.90. The van der Waals surface area contributed by atoms with Crippen LogP contribution >= 0.6 is 35.3 Å². The van der Waals surface area contributed by atoms with Gasteiger partial charge in [-0.2, -0.15) is 4.31 Å². The number of thiophene rings is 1. The van der Waals surface area contributed by atoms with Gasteiger partial charge in [-0.25, -0.2) is 13.4 Å². The molecule has 1 fully saturated rings. The van der Waals surface area contributed by atoms with Gasteiger partial charge in [0, 0.05) is 24.5 Å². The van der Waals surface area contributed by atoms with E-state index < -0.39 is 10.0 Å². The molecule has 0 saturated carbocycles. The van der Waals surface area contributed by atoms with Crippen molar-refractivity contribution in [1.29, 1.82) is 0 Å². The summed E-state index contributed by atoms with van der Waals surface area (Å²) >= 11 is 1.24. The van der Waals surface area contributed by atoms with E-state index in [0.717, 1.165) is 17.8 Å². The van der Waals surface area contributed by atoms with Crippen molar-refractivity contribution in [3.63, 3.8) is 0 Å². The molecule has 0 unspecified atom stereocenters. The van der Waals surface area contributed by atoms with Crippen molar-refractivity contribution in [2.75, 3.05) is 32.8 Å². The highest BCUT2D eigenvalue weighted by Crippen LogP contribution is 2.26. The van der Waals surface area contributed by atoms with Crippen molar-refractivity contribution in [3.05, 3.63) is 17.0 Å². The molecule has 1 aliphatic rings. The van der Waals surface area contributed by atoms with Crippen LogP contribution in [-0.2, 0) is 21.3 Å². The van der Waals surface area contributed by atoms with Crippen LogP contribution in [-0.4, -0.2) is 51.5 Å². The van der Waals surface area contributed by atoms with Gasteiger partial charge in [-0.3, -0.25) is 0 Å². The highest BCUT2D eigenvalue weighted by Gasteiger charge is 2.27. The number of nitrogens with zero attached hydrogens (tertiary/aromatic N) is 2. The van der Waals surface area contributed by atoms with E-state index in [4.69, 9.17) is 10.5 Å². The number of guanidine groups is 1. The molecule has 0 atom stereocenters. The molecule has 1 aromatic rings. The monoisotopic (exact) mass is 474 g/mol. The molecule has 3 N–H and O–H groups in total. The van der Waals surface area contributed by atoms with Gasteiger partial charge in [-0.1, -0.05) is 6.92 Å². The Hall–Kier alpha value is -0.430. The normalized spacial score (nSPS) is 16.8. The van der Waals surface area contributed by atoms with E-state index in [1.54, 1.807) is 12.1 Å². The van der Waals surface area contributed by atoms with Crippen LogP contribution < -0.4 is 11.1 Å². The van der Waals surface area contributed by atoms with Crippen molar-refractivity contribution < 1.29 is 13.2 Å². The zero-order chi connectivity index (χ0) is 16.0. The number of nitrogens with one attached hydrogen (secondary N) is 1. The number of morpholine rings is 1. The van der Waals surface area contributed by atoms with Crippen LogP contribution in [0.5, 0.6) is 0 Å². The van der Waals surface area contributed by atoms with Gasteiger partial charge in [0.2, 0.25) is 0 Å². The number of halogens is 1. The lowest BCUT2D eigenvalue weighted by atomic mass is 10.5. The number of rotatable bonds is 6. The van der Waals surface area contributed by atoms with Crippen LogP contribution in [0.1, 0.15) is 18.2 Å². The van der Waals surface area contributed by atoms with E-state index in [2.05, 4.69) is 10.3 Å². The molecule has 0 spiro atoms. The lowest BCUT2D eigenvalue weighted by molar-refractivity contribution is 0.0731. The number of ether oxygens (including phenoxy) is 1. The number of hydrogen-bond donors (Lipinski definition) is 2. The maximum absolute atomic E-state index is 12.5. The average Bonchev–Trinajstić information content (AvgIpc) is 3.01. The average molecular weight is 474 g/mol. The first kappa shape index (κ1) is 20.6. The molecule has 0 bridgehead atoms. The zero-order valence-corrected chi connectivity index (χ0v) is 17.0. The summed E-state index contributed by atoms with van der Waals surface area (Å²) in [5.74, 6) is 0.382. The summed E-state index contributed by atoms with van der Waals surface area (Å²) in [5.41, 5.74) is 5.72. The van der Waals surface area contributed by atoms with Crippen molar-refractivity contribution >= 4 is 51.3 Å². The van der Waals surface area contributed by atoms with Crippen LogP contribution in [0.25, 0.3) is 0 Å². The third kappa shape index (κ3) is 5.85. The predicted molar refractivity (Wildman–Crippen MR) is 103 cm³/mol. The van der Waals surface area contributed by atoms with Crippen LogP contribution in [0.3, 0.4) is 0 Å². The summed E-state index contributed by atoms with van der Waals surface area (Å²) in [6, 6.07) is 3.42. The Balaban J connectivity index is 0.00000264. The van der Waals surface area contributed by atoms with E-state index in [0.29, 0.717) is 43.0 Å². The molecule has 23 heavy (non-hydrogen) atoms. The van der Waals surface area contributed by atoms with Crippen LogP contribution in [0, 0.1) is 0 Å². The Bertz CT molecular complexity index is 612. The molecule has 1 aliphatic heterocycles. The Morgan fingerprint density at radius 1 is 1.43 bits per heavy atom. The third-order valence-electron chi connectivity index (χ3n) is 3.16. The Morgan fingerprint density at radius 2 is 2.13 bits per heavy atom. The van der Waals surface area contributed by atoms with E-state index >= 15 is 0 Å². The minimum atomic E-state index is -3.42. The molecule has 0 amide bonds. The maximum atomic E-state index is 12.5. The van der Waals surface area contributed by atoms with Gasteiger partial charge in [-0.05, 0) is 18.6 Å².